The van der Waals surface area contributed by atoms with Crippen LogP contribution in [0.25, 0.3) is 0 Å². The summed E-state index contributed by atoms with van der Waals surface area (Å²) in [6.45, 7) is 3.29. The van der Waals surface area contributed by atoms with Crippen molar-refractivity contribution in [2.75, 3.05) is 0 Å². The van der Waals surface area contributed by atoms with Crippen LogP contribution in [0.4, 0.5) is 0 Å². The molecule has 7 nitrogen and oxygen atoms in total. The van der Waals surface area contributed by atoms with Crippen LogP contribution in [0.3, 0.4) is 0 Å². The van der Waals surface area contributed by atoms with E-state index < -0.39 is 0 Å². The van der Waals surface area contributed by atoms with Gasteiger partial charge in [-0.25, -0.2) is 9.67 Å². The van der Waals surface area contributed by atoms with Crippen molar-refractivity contribution in [2.24, 2.45) is 10.9 Å². The molecule has 90 valence electrons. The van der Waals surface area contributed by atoms with Gasteiger partial charge >= 0.3 is 0 Å². The van der Waals surface area contributed by atoms with E-state index in [1.165, 1.54) is 6.33 Å². The molecule has 0 aliphatic heterocycles. The summed E-state index contributed by atoms with van der Waals surface area (Å²) in [6, 6.07) is 3.61. The molecule has 0 fully saturated rings. The molecular formula is C10H14N6O. The SMILES string of the molecule is CCn1ncnc1Cn1cccc1/C(N)=N/O. The highest BCUT2D eigenvalue weighted by atomic mass is 16.4. The molecule has 17 heavy (non-hydrogen) atoms. The van der Waals surface area contributed by atoms with E-state index in [9.17, 15) is 0 Å². The fourth-order valence-electron chi connectivity index (χ4n) is 1.66. The van der Waals surface area contributed by atoms with E-state index in [1.807, 2.05) is 23.8 Å². The second-order valence-corrected chi connectivity index (χ2v) is 3.50. The summed E-state index contributed by atoms with van der Waals surface area (Å²) in [5, 5.41) is 15.8. The van der Waals surface area contributed by atoms with Gasteiger partial charge in [0.25, 0.3) is 0 Å². The van der Waals surface area contributed by atoms with Crippen molar-refractivity contribution in [3.63, 3.8) is 0 Å². The third kappa shape index (κ3) is 2.12. The van der Waals surface area contributed by atoms with Gasteiger partial charge in [0, 0.05) is 12.7 Å². The van der Waals surface area contributed by atoms with Crippen molar-refractivity contribution >= 4 is 5.84 Å². The lowest BCUT2D eigenvalue weighted by Gasteiger charge is -2.08. The average molecular weight is 234 g/mol. The first kappa shape index (κ1) is 11.2. The minimum atomic E-state index is 0.0811. The predicted octanol–water partition coefficient (Wildman–Crippen LogP) is 0.242. The molecule has 0 spiro atoms. The third-order valence-electron chi connectivity index (χ3n) is 2.51. The van der Waals surface area contributed by atoms with Gasteiger partial charge in [-0.2, -0.15) is 5.10 Å². The highest BCUT2D eigenvalue weighted by Gasteiger charge is 2.09. The van der Waals surface area contributed by atoms with E-state index in [1.54, 1.807) is 10.7 Å². The highest BCUT2D eigenvalue weighted by Crippen LogP contribution is 2.05. The monoisotopic (exact) mass is 234 g/mol. The standard InChI is InChI=1S/C10H14N6O/c1-2-16-9(12-7-13-16)6-15-5-3-4-8(15)10(11)14-17/h3-5,7,17H,2,6H2,1H3,(H2,11,14). The Hall–Kier alpha value is -2.31. The zero-order valence-corrected chi connectivity index (χ0v) is 9.48. The summed E-state index contributed by atoms with van der Waals surface area (Å²) in [5.74, 6) is 0.910. The van der Waals surface area contributed by atoms with E-state index in [-0.39, 0.29) is 5.84 Å². The normalized spacial score (nSPS) is 11.9. The van der Waals surface area contributed by atoms with Crippen LogP contribution < -0.4 is 5.73 Å². The summed E-state index contributed by atoms with van der Waals surface area (Å²) in [6.07, 6.45) is 3.37. The first-order valence-corrected chi connectivity index (χ1v) is 5.26. The summed E-state index contributed by atoms with van der Waals surface area (Å²) >= 11 is 0. The van der Waals surface area contributed by atoms with Crippen LogP contribution in [-0.4, -0.2) is 30.4 Å². The highest BCUT2D eigenvalue weighted by molar-refractivity contribution is 5.95. The molecule has 2 heterocycles. The first-order valence-electron chi connectivity index (χ1n) is 5.26. The number of aryl methyl sites for hydroxylation is 1. The number of hydrogen-bond donors (Lipinski definition) is 2. The molecule has 0 aliphatic carbocycles. The van der Waals surface area contributed by atoms with Gasteiger partial charge in [0.1, 0.15) is 12.2 Å². The molecule has 0 saturated heterocycles. The van der Waals surface area contributed by atoms with Crippen LogP contribution in [0.2, 0.25) is 0 Å². The summed E-state index contributed by atoms with van der Waals surface area (Å²) in [7, 11) is 0. The molecule has 3 N–H and O–H groups in total. The van der Waals surface area contributed by atoms with Gasteiger partial charge < -0.3 is 15.5 Å². The molecule has 2 aromatic heterocycles. The van der Waals surface area contributed by atoms with Gasteiger partial charge in [-0.1, -0.05) is 5.16 Å². The Morgan fingerprint density at radius 2 is 2.41 bits per heavy atom. The zero-order chi connectivity index (χ0) is 12.3. The molecule has 7 heteroatoms. The van der Waals surface area contributed by atoms with Crippen molar-refractivity contribution in [1.29, 1.82) is 0 Å². The quantitative estimate of drug-likeness (QED) is 0.343. The number of amidine groups is 1. The van der Waals surface area contributed by atoms with Crippen LogP contribution in [0.1, 0.15) is 18.4 Å². The van der Waals surface area contributed by atoms with Crippen molar-refractivity contribution in [3.8, 4) is 0 Å². The van der Waals surface area contributed by atoms with Crippen molar-refractivity contribution < 1.29 is 5.21 Å². The second kappa shape index (κ2) is 4.69. The largest absolute Gasteiger partial charge is 0.409 e. The topological polar surface area (TPSA) is 94.2 Å². The van der Waals surface area contributed by atoms with Crippen molar-refractivity contribution in [2.45, 2.75) is 20.0 Å². The molecule has 0 aromatic carbocycles. The van der Waals surface area contributed by atoms with Crippen LogP contribution in [0, 0.1) is 0 Å². The van der Waals surface area contributed by atoms with Crippen LogP contribution in [0.15, 0.2) is 29.8 Å². The number of rotatable bonds is 4. The Bertz CT molecular complexity index is 526. The van der Waals surface area contributed by atoms with E-state index in [4.69, 9.17) is 10.9 Å². The number of hydrogen-bond acceptors (Lipinski definition) is 4. The van der Waals surface area contributed by atoms with E-state index in [0.29, 0.717) is 12.2 Å². The number of oxime groups is 1. The Morgan fingerprint density at radius 3 is 3.12 bits per heavy atom. The van der Waals surface area contributed by atoms with Crippen molar-refractivity contribution in [3.05, 3.63) is 36.2 Å². The Kier molecular flexibility index (Phi) is 3.08. The van der Waals surface area contributed by atoms with Gasteiger partial charge in [-0.15, -0.1) is 0 Å². The fraction of sp³-hybridized carbons (Fsp3) is 0.300. The van der Waals surface area contributed by atoms with Gasteiger partial charge in [-0.3, -0.25) is 0 Å². The van der Waals surface area contributed by atoms with Crippen LogP contribution in [-0.2, 0) is 13.1 Å². The minimum absolute atomic E-state index is 0.0811. The maximum Gasteiger partial charge on any atom is 0.186 e. The number of nitrogens with two attached hydrogens (primary N) is 1. The van der Waals surface area contributed by atoms with Gasteiger partial charge in [0.05, 0.1) is 12.2 Å². The van der Waals surface area contributed by atoms with Crippen LogP contribution >= 0.6 is 0 Å². The zero-order valence-electron chi connectivity index (χ0n) is 9.48. The number of nitrogens with zero attached hydrogens (tertiary/aromatic N) is 5. The molecule has 0 aliphatic rings. The summed E-state index contributed by atoms with van der Waals surface area (Å²) in [5.41, 5.74) is 6.23. The molecule has 2 aromatic rings. The number of aromatic nitrogens is 4. The van der Waals surface area contributed by atoms with Gasteiger partial charge in [-0.05, 0) is 19.1 Å². The lowest BCUT2D eigenvalue weighted by molar-refractivity contribution is 0.318. The Balaban J connectivity index is 2.28. The maximum atomic E-state index is 8.67. The van der Waals surface area contributed by atoms with Gasteiger partial charge in [0.15, 0.2) is 5.84 Å². The molecule has 0 saturated carbocycles. The maximum absolute atomic E-state index is 8.67. The molecule has 0 bridgehead atoms. The second-order valence-electron chi connectivity index (χ2n) is 3.50. The van der Waals surface area contributed by atoms with E-state index in [2.05, 4.69) is 15.2 Å². The summed E-state index contributed by atoms with van der Waals surface area (Å²) < 4.78 is 3.65. The first-order chi connectivity index (χ1) is 8.26. The summed E-state index contributed by atoms with van der Waals surface area (Å²) in [4.78, 5) is 4.18. The predicted molar refractivity (Wildman–Crippen MR) is 61.7 cm³/mol. The molecule has 0 amide bonds. The van der Waals surface area contributed by atoms with Crippen molar-refractivity contribution in [1.82, 2.24) is 19.3 Å². The third-order valence-corrected chi connectivity index (χ3v) is 2.51. The van der Waals surface area contributed by atoms with Gasteiger partial charge in [0.2, 0.25) is 0 Å². The van der Waals surface area contributed by atoms with E-state index in [0.717, 1.165) is 12.4 Å². The molecular weight excluding hydrogens is 220 g/mol. The Labute approximate surface area is 98.2 Å². The molecule has 2 rings (SSSR count). The molecule has 0 radical (unpaired) electrons. The fourth-order valence-corrected chi connectivity index (χ4v) is 1.66. The smallest absolute Gasteiger partial charge is 0.186 e. The van der Waals surface area contributed by atoms with E-state index >= 15 is 0 Å². The average Bonchev–Trinajstić information content (AvgIpc) is 2.97. The Morgan fingerprint density at radius 1 is 1.59 bits per heavy atom. The minimum Gasteiger partial charge on any atom is -0.409 e. The van der Waals surface area contributed by atoms with Crippen LogP contribution in [0.5, 0.6) is 0 Å². The lowest BCUT2D eigenvalue weighted by atomic mass is 10.4. The lowest BCUT2D eigenvalue weighted by Crippen LogP contribution is -2.19. The molecule has 0 atom stereocenters. The molecule has 0 unspecified atom stereocenters.